The summed E-state index contributed by atoms with van der Waals surface area (Å²) in [5.41, 5.74) is 1.81. The SMILES string of the molecule is CCOc1c(OC)cccc1-c1nc(C)c(CC#N)s1. The second kappa shape index (κ2) is 6.40. The maximum absolute atomic E-state index is 8.83. The van der Waals surface area contributed by atoms with Crippen LogP contribution in [0.25, 0.3) is 10.6 Å². The van der Waals surface area contributed by atoms with Gasteiger partial charge in [0.2, 0.25) is 0 Å². The lowest BCUT2D eigenvalue weighted by Gasteiger charge is -2.12. The Morgan fingerprint density at radius 3 is 2.85 bits per heavy atom. The van der Waals surface area contributed by atoms with Gasteiger partial charge < -0.3 is 9.47 Å². The van der Waals surface area contributed by atoms with Crippen molar-refractivity contribution in [1.29, 1.82) is 5.26 Å². The summed E-state index contributed by atoms with van der Waals surface area (Å²) in [7, 11) is 1.62. The predicted octanol–water partition coefficient (Wildman–Crippen LogP) is 3.59. The number of nitrogens with zero attached hydrogens (tertiary/aromatic N) is 2. The lowest BCUT2D eigenvalue weighted by Crippen LogP contribution is -1.97. The van der Waals surface area contributed by atoms with Crippen molar-refractivity contribution in [3.63, 3.8) is 0 Å². The number of para-hydroxylation sites is 1. The summed E-state index contributed by atoms with van der Waals surface area (Å²) in [6, 6.07) is 7.91. The highest BCUT2D eigenvalue weighted by atomic mass is 32.1. The number of thiazole rings is 1. The zero-order valence-corrected chi connectivity index (χ0v) is 12.6. The molecule has 0 amide bonds. The third-order valence-electron chi connectivity index (χ3n) is 2.85. The number of aryl methyl sites for hydroxylation is 1. The first kappa shape index (κ1) is 14.4. The average molecular weight is 288 g/mol. The number of ether oxygens (including phenoxy) is 2. The van der Waals surface area contributed by atoms with E-state index in [1.165, 1.54) is 11.3 Å². The molecule has 4 nitrogen and oxygen atoms in total. The van der Waals surface area contributed by atoms with Gasteiger partial charge in [-0.2, -0.15) is 5.26 Å². The largest absolute Gasteiger partial charge is 0.493 e. The molecule has 104 valence electrons. The summed E-state index contributed by atoms with van der Waals surface area (Å²) in [4.78, 5) is 5.54. The van der Waals surface area contributed by atoms with Gasteiger partial charge in [-0.1, -0.05) is 6.07 Å². The number of hydrogen-bond acceptors (Lipinski definition) is 5. The van der Waals surface area contributed by atoms with Gasteiger partial charge in [-0.15, -0.1) is 11.3 Å². The van der Waals surface area contributed by atoms with Crippen LogP contribution in [0.5, 0.6) is 11.5 Å². The van der Waals surface area contributed by atoms with E-state index in [4.69, 9.17) is 14.7 Å². The number of aromatic nitrogens is 1. The van der Waals surface area contributed by atoms with Crippen LogP contribution in [-0.2, 0) is 6.42 Å². The van der Waals surface area contributed by atoms with E-state index in [1.54, 1.807) is 7.11 Å². The number of benzene rings is 1. The summed E-state index contributed by atoms with van der Waals surface area (Å²) in [6.45, 7) is 4.42. The van der Waals surface area contributed by atoms with Crippen LogP contribution in [-0.4, -0.2) is 18.7 Å². The van der Waals surface area contributed by atoms with Crippen LogP contribution in [0.4, 0.5) is 0 Å². The van der Waals surface area contributed by atoms with Gasteiger partial charge in [0.05, 0.1) is 37.5 Å². The van der Waals surface area contributed by atoms with E-state index in [0.717, 1.165) is 21.1 Å². The number of hydrogen-bond donors (Lipinski definition) is 0. The molecule has 2 rings (SSSR count). The fourth-order valence-corrected chi connectivity index (χ4v) is 2.93. The van der Waals surface area contributed by atoms with Gasteiger partial charge in [-0.3, -0.25) is 0 Å². The molecule has 0 saturated carbocycles. The Kier molecular flexibility index (Phi) is 4.59. The van der Waals surface area contributed by atoms with Gasteiger partial charge in [0.1, 0.15) is 5.01 Å². The van der Waals surface area contributed by atoms with Crippen molar-refractivity contribution in [1.82, 2.24) is 4.98 Å². The first-order valence-corrected chi connectivity index (χ1v) is 7.16. The fourth-order valence-electron chi connectivity index (χ4n) is 1.92. The van der Waals surface area contributed by atoms with E-state index in [2.05, 4.69) is 11.1 Å². The number of nitriles is 1. The summed E-state index contributed by atoms with van der Waals surface area (Å²) < 4.78 is 11.0. The Morgan fingerprint density at radius 1 is 1.40 bits per heavy atom. The second-order valence-electron chi connectivity index (χ2n) is 4.13. The quantitative estimate of drug-likeness (QED) is 0.843. The molecule has 5 heteroatoms. The van der Waals surface area contributed by atoms with E-state index >= 15 is 0 Å². The number of rotatable bonds is 5. The van der Waals surface area contributed by atoms with Crippen LogP contribution in [0.15, 0.2) is 18.2 Å². The summed E-state index contributed by atoms with van der Waals surface area (Å²) in [6.07, 6.45) is 0.386. The van der Waals surface area contributed by atoms with E-state index < -0.39 is 0 Å². The maximum Gasteiger partial charge on any atom is 0.171 e. The molecule has 0 N–H and O–H groups in total. The van der Waals surface area contributed by atoms with Crippen molar-refractivity contribution in [2.24, 2.45) is 0 Å². The van der Waals surface area contributed by atoms with Crippen molar-refractivity contribution >= 4 is 11.3 Å². The highest BCUT2D eigenvalue weighted by Crippen LogP contribution is 2.40. The molecule has 0 radical (unpaired) electrons. The van der Waals surface area contributed by atoms with Gasteiger partial charge >= 0.3 is 0 Å². The minimum atomic E-state index is 0.386. The Balaban J connectivity index is 2.52. The molecule has 0 saturated heterocycles. The molecule has 0 atom stereocenters. The van der Waals surface area contributed by atoms with Gasteiger partial charge in [0.25, 0.3) is 0 Å². The normalized spacial score (nSPS) is 10.1. The van der Waals surface area contributed by atoms with Crippen LogP contribution in [0.2, 0.25) is 0 Å². The zero-order chi connectivity index (χ0) is 14.5. The predicted molar refractivity (Wildman–Crippen MR) is 79.3 cm³/mol. The highest BCUT2D eigenvalue weighted by Gasteiger charge is 2.16. The molecule has 0 bridgehead atoms. The van der Waals surface area contributed by atoms with E-state index in [0.29, 0.717) is 24.5 Å². The van der Waals surface area contributed by atoms with Crippen molar-refractivity contribution < 1.29 is 9.47 Å². The topological polar surface area (TPSA) is 55.1 Å². The monoisotopic (exact) mass is 288 g/mol. The molecule has 0 aliphatic heterocycles. The highest BCUT2D eigenvalue weighted by molar-refractivity contribution is 7.15. The van der Waals surface area contributed by atoms with E-state index in [-0.39, 0.29) is 0 Å². The van der Waals surface area contributed by atoms with Crippen LogP contribution in [0.1, 0.15) is 17.5 Å². The molecule has 0 spiro atoms. The lowest BCUT2D eigenvalue weighted by atomic mass is 10.2. The molecule has 0 fully saturated rings. The molecule has 1 aromatic carbocycles. The molecule has 0 aliphatic carbocycles. The van der Waals surface area contributed by atoms with Crippen LogP contribution >= 0.6 is 11.3 Å². The molecular weight excluding hydrogens is 272 g/mol. The second-order valence-corrected chi connectivity index (χ2v) is 5.22. The molecule has 20 heavy (non-hydrogen) atoms. The summed E-state index contributed by atoms with van der Waals surface area (Å²) in [5, 5.41) is 9.69. The summed E-state index contributed by atoms with van der Waals surface area (Å²) in [5.74, 6) is 1.40. The van der Waals surface area contributed by atoms with Crippen molar-refractivity contribution in [3.05, 3.63) is 28.8 Å². The van der Waals surface area contributed by atoms with Crippen molar-refractivity contribution in [2.75, 3.05) is 13.7 Å². The van der Waals surface area contributed by atoms with Gasteiger partial charge in [-0.05, 0) is 26.0 Å². The maximum atomic E-state index is 8.83. The fraction of sp³-hybridized carbons (Fsp3) is 0.333. The Bertz CT molecular complexity index is 644. The van der Waals surface area contributed by atoms with E-state index in [9.17, 15) is 0 Å². The van der Waals surface area contributed by atoms with Gasteiger partial charge in [-0.25, -0.2) is 4.98 Å². The standard InChI is InChI=1S/C15H16N2O2S/c1-4-19-14-11(6-5-7-12(14)18-3)15-17-10(2)13(20-15)8-9-16/h5-7H,4,8H2,1-3H3. The minimum Gasteiger partial charge on any atom is -0.493 e. The molecule has 0 aliphatic rings. The van der Waals surface area contributed by atoms with Gasteiger partial charge in [0, 0.05) is 4.88 Å². The minimum absolute atomic E-state index is 0.386. The third kappa shape index (κ3) is 2.75. The third-order valence-corrected chi connectivity index (χ3v) is 4.04. The average Bonchev–Trinajstić information content (AvgIpc) is 2.81. The van der Waals surface area contributed by atoms with Crippen molar-refractivity contribution in [3.8, 4) is 28.1 Å². The molecule has 2 aromatic rings. The smallest absolute Gasteiger partial charge is 0.171 e. The van der Waals surface area contributed by atoms with Crippen LogP contribution < -0.4 is 9.47 Å². The zero-order valence-electron chi connectivity index (χ0n) is 11.8. The summed E-state index contributed by atoms with van der Waals surface area (Å²) >= 11 is 1.53. The van der Waals surface area contributed by atoms with E-state index in [1.807, 2.05) is 32.0 Å². The van der Waals surface area contributed by atoms with Crippen LogP contribution in [0.3, 0.4) is 0 Å². The first-order chi connectivity index (χ1) is 9.71. The Hall–Kier alpha value is -2.06. The Labute approximate surface area is 122 Å². The Morgan fingerprint density at radius 2 is 2.20 bits per heavy atom. The first-order valence-electron chi connectivity index (χ1n) is 6.34. The van der Waals surface area contributed by atoms with Crippen molar-refractivity contribution in [2.45, 2.75) is 20.3 Å². The van der Waals surface area contributed by atoms with Crippen LogP contribution in [0, 0.1) is 18.3 Å². The van der Waals surface area contributed by atoms with Gasteiger partial charge in [0.15, 0.2) is 11.5 Å². The molecule has 1 heterocycles. The lowest BCUT2D eigenvalue weighted by molar-refractivity contribution is 0.312. The molecular formula is C15H16N2O2S. The number of methoxy groups -OCH3 is 1. The molecule has 1 aromatic heterocycles. The molecule has 0 unspecified atom stereocenters.